The average Bonchev–Trinajstić information content (AvgIpc) is 2.54. The third-order valence-corrected chi connectivity index (χ3v) is 2.85. The molecule has 0 spiro atoms. The summed E-state index contributed by atoms with van der Waals surface area (Å²) in [5.74, 6) is 0.182. The maximum absolute atomic E-state index is 11.5. The fourth-order valence-electron chi connectivity index (χ4n) is 1.67. The van der Waals surface area contributed by atoms with Gasteiger partial charge >= 0.3 is 6.16 Å². The van der Waals surface area contributed by atoms with E-state index in [2.05, 4.69) is 5.32 Å². The zero-order valence-electron chi connectivity index (χ0n) is 11.8. The van der Waals surface area contributed by atoms with Gasteiger partial charge in [0.05, 0.1) is 4.92 Å². The SMILES string of the molecule is CNc1ccc(COC(=O)Oc2ccc([N+](=O)[O-])cc2)cc1. The molecule has 114 valence electrons. The van der Waals surface area contributed by atoms with Gasteiger partial charge in [0.25, 0.3) is 5.69 Å². The highest BCUT2D eigenvalue weighted by Crippen LogP contribution is 2.18. The molecule has 0 heterocycles. The van der Waals surface area contributed by atoms with Gasteiger partial charge in [-0.2, -0.15) is 0 Å². The lowest BCUT2D eigenvalue weighted by Crippen LogP contribution is -2.10. The molecule has 0 bridgehead atoms. The first kappa shape index (κ1) is 15.3. The van der Waals surface area contributed by atoms with E-state index in [9.17, 15) is 14.9 Å². The summed E-state index contributed by atoms with van der Waals surface area (Å²) in [6.07, 6.45) is -0.869. The number of rotatable bonds is 5. The van der Waals surface area contributed by atoms with E-state index in [1.54, 1.807) is 0 Å². The highest BCUT2D eigenvalue weighted by atomic mass is 16.7. The molecule has 0 aliphatic rings. The average molecular weight is 302 g/mol. The first-order valence-corrected chi connectivity index (χ1v) is 6.44. The molecule has 0 amide bonds. The molecule has 0 atom stereocenters. The van der Waals surface area contributed by atoms with Crippen LogP contribution >= 0.6 is 0 Å². The Kier molecular flexibility index (Phi) is 4.92. The summed E-state index contributed by atoms with van der Waals surface area (Å²) >= 11 is 0. The van der Waals surface area contributed by atoms with E-state index in [1.165, 1.54) is 24.3 Å². The number of hydrogen-bond donors (Lipinski definition) is 1. The molecule has 0 radical (unpaired) electrons. The van der Waals surface area contributed by atoms with Crippen molar-refractivity contribution < 1.29 is 19.2 Å². The second kappa shape index (κ2) is 7.07. The summed E-state index contributed by atoms with van der Waals surface area (Å²) in [4.78, 5) is 21.5. The molecule has 7 heteroatoms. The van der Waals surface area contributed by atoms with Gasteiger partial charge in [0, 0.05) is 24.9 Å². The maximum atomic E-state index is 11.5. The number of benzene rings is 2. The molecule has 7 nitrogen and oxygen atoms in total. The zero-order chi connectivity index (χ0) is 15.9. The van der Waals surface area contributed by atoms with Crippen LogP contribution in [-0.2, 0) is 11.3 Å². The molecule has 0 saturated heterocycles. The van der Waals surface area contributed by atoms with Crippen molar-refractivity contribution in [2.45, 2.75) is 6.61 Å². The summed E-state index contributed by atoms with van der Waals surface area (Å²) in [6, 6.07) is 12.5. The van der Waals surface area contributed by atoms with Crippen LogP contribution in [0.5, 0.6) is 5.75 Å². The van der Waals surface area contributed by atoms with Crippen molar-refractivity contribution in [1.82, 2.24) is 0 Å². The number of nitrogens with zero attached hydrogens (tertiary/aromatic N) is 1. The number of anilines is 1. The number of ether oxygens (including phenoxy) is 2. The number of non-ortho nitro benzene ring substituents is 1. The molecule has 2 aromatic carbocycles. The largest absolute Gasteiger partial charge is 0.514 e. The van der Waals surface area contributed by atoms with Gasteiger partial charge < -0.3 is 14.8 Å². The quantitative estimate of drug-likeness (QED) is 0.394. The summed E-state index contributed by atoms with van der Waals surface area (Å²) in [5, 5.41) is 13.5. The standard InChI is InChI=1S/C15H14N2O5/c1-16-12-4-2-11(3-5-12)10-21-15(18)22-14-8-6-13(7-9-14)17(19)20/h2-9,16H,10H2,1H3. The molecular weight excluding hydrogens is 288 g/mol. The normalized spacial score (nSPS) is 9.86. The summed E-state index contributed by atoms with van der Waals surface area (Å²) < 4.78 is 9.89. The van der Waals surface area contributed by atoms with E-state index >= 15 is 0 Å². The van der Waals surface area contributed by atoms with E-state index in [1.807, 2.05) is 31.3 Å². The van der Waals surface area contributed by atoms with Crippen molar-refractivity contribution in [2.24, 2.45) is 0 Å². The van der Waals surface area contributed by atoms with Crippen molar-refractivity contribution >= 4 is 17.5 Å². The van der Waals surface area contributed by atoms with Crippen molar-refractivity contribution in [3.8, 4) is 5.75 Å². The maximum Gasteiger partial charge on any atom is 0.514 e. The number of carbonyl (C=O) groups excluding carboxylic acids is 1. The summed E-state index contributed by atoms with van der Waals surface area (Å²) in [5.41, 5.74) is 1.70. The number of nitrogens with one attached hydrogen (secondary N) is 1. The fourth-order valence-corrected chi connectivity index (χ4v) is 1.67. The molecule has 0 aliphatic heterocycles. The Labute approximate surface area is 126 Å². The Hall–Kier alpha value is -3.09. The van der Waals surface area contributed by atoms with Crippen LogP contribution in [0.4, 0.5) is 16.2 Å². The lowest BCUT2D eigenvalue weighted by Gasteiger charge is -2.06. The summed E-state index contributed by atoms with van der Waals surface area (Å²) in [7, 11) is 1.81. The monoisotopic (exact) mass is 302 g/mol. The molecule has 2 rings (SSSR count). The van der Waals surface area contributed by atoms with Gasteiger partial charge in [-0.25, -0.2) is 4.79 Å². The van der Waals surface area contributed by atoms with Crippen molar-refractivity contribution in [3.63, 3.8) is 0 Å². The molecule has 0 unspecified atom stereocenters. The molecule has 0 fully saturated rings. The Morgan fingerprint density at radius 1 is 1.14 bits per heavy atom. The minimum absolute atomic E-state index is 0.0784. The molecular formula is C15H14N2O5. The number of nitro benzene ring substituents is 1. The fraction of sp³-hybridized carbons (Fsp3) is 0.133. The van der Waals surface area contributed by atoms with Crippen LogP contribution in [0.15, 0.2) is 48.5 Å². The van der Waals surface area contributed by atoms with Crippen molar-refractivity contribution in [2.75, 3.05) is 12.4 Å². The van der Waals surface area contributed by atoms with Gasteiger partial charge in [-0.05, 0) is 29.8 Å². The van der Waals surface area contributed by atoms with Gasteiger partial charge in [-0.1, -0.05) is 12.1 Å². The van der Waals surface area contributed by atoms with Gasteiger partial charge in [0.15, 0.2) is 0 Å². The Morgan fingerprint density at radius 2 is 1.77 bits per heavy atom. The molecule has 0 aromatic heterocycles. The van der Waals surface area contributed by atoms with Gasteiger partial charge in [-0.15, -0.1) is 0 Å². The van der Waals surface area contributed by atoms with E-state index in [0.29, 0.717) is 0 Å². The van der Waals surface area contributed by atoms with Crippen LogP contribution in [0.2, 0.25) is 0 Å². The van der Waals surface area contributed by atoms with Gasteiger partial charge in [0.1, 0.15) is 12.4 Å². The first-order chi connectivity index (χ1) is 10.6. The lowest BCUT2D eigenvalue weighted by molar-refractivity contribution is -0.384. The van der Waals surface area contributed by atoms with E-state index in [4.69, 9.17) is 9.47 Å². The third-order valence-electron chi connectivity index (χ3n) is 2.85. The Balaban J connectivity index is 1.85. The number of carbonyl (C=O) groups is 1. The highest BCUT2D eigenvalue weighted by Gasteiger charge is 2.09. The number of hydrogen-bond acceptors (Lipinski definition) is 6. The van der Waals surface area contributed by atoms with Gasteiger partial charge in [0.2, 0.25) is 0 Å². The van der Waals surface area contributed by atoms with E-state index in [0.717, 1.165) is 11.3 Å². The smallest absolute Gasteiger partial charge is 0.429 e. The minimum Gasteiger partial charge on any atom is -0.429 e. The van der Waals surface area contributed by atoms with E-state index in [-0.39, 0.29) is 18.0 Å². The predicted molar refractivity (Wildman–Crippen MR) is 79.9 cm³/mol. The Morgan fingerprint density at radius 3 is 2.32 bits per heavy atom. The van der Waals surface area contributed by atoms with Crippen LogP contribution in [0.1, 0.15) is 5.56 Å². The zero-order valence-corrected chi connectivity index (χ0v) is 11.8. The Bertz CT molecular complexity index is 653. The van der Waals surface area contributed by atoms with Crippen LogP contribution in [-0.4, -0.2) is 18.1 Å². The van der Waals surface area contributed by atoms with Crippen molar-refractivity contribution in [3.05, 3.63) is 64.2 Å². The second-order valence-corrected chi connectivity index (χ2v) is 4.34. The summed E-state index contributed by atoms with van der Waals surface area (Å²) in [6.45, 7) is 0.0792. The van der Waals surface area contributed by atoms with E-state index < -0.39 is 11.1 Å². The third kappa shape index (κ3) is 4.20. The molecule has 1 N–H and O–H groups in total. The molecule has 2 aromatic rings. The molecule has 0 aliphatic carbocycles. The molecule has 0 saturated carbocycles. The highest BCUT2D eigenvalue weighted by molar-refractivity contribution is 5.64. The topological polar surface area (TPSA) is 90.7 Å². The number of nitro groups is 1. The molecule has 22 heavy (non-hydrogen) atoms. The minimum atomic E-state index is -0.869. The van der Waals surface area contributed by atoms with Crippen LogP contribution < -0.4 is 10.1 Å². The van der Waals surface area contributed by atoms with Crippen molar-refractivity contribution in [1.29, 1.82) is 0 Å². The van der Waals surface area contributed by atoms with Crippen LogP contribution in [0.3, 0.4) is 0 Å². The van der Waals surface area contributed by atoms with Crippen LogP contribution in [0, 0.1) is 10.1 Å². The second-order valence-electron chi connectivity index (χ2n) is 4.34. The van der Waals surface area contributed by atoms with Crippen LogP contribution in [0.25, 0.3) is 0 Å². The lowest BCUT2D eigenvalue weighted by atomic mass is 10.2. The first-order valence-electron chi connectivity index (χ1n) is 6.44. The van der Waals surface area contributed by atoms with Gasteiger partial charge in [-0.3, -0.25) is 10.1 Å². The predicted octanol–water partition coefficient (Wildman–Crippen LogP) is 3.35.